The Hall–Kier alpha value is -1.34. The largest absolute Gasteiger partial charge is 0.481 e. The second-order valence-electron chi connectivity index (χ2n) is 3.12. The van der Waals surface area contributed by atoms with Gasteiger partial charge in [0.1, 0.15) is 7.45 Å². The number of rotatable bonds is 7. The first kappa shape index (κ1) is 14.7. The van der Waals surface area contributed by atoms with E-state index in [-0.39, 0.29) is 25.2 Å². The molecule has 0 aliphatic heterocycles. The number of nitrogens with two attached hydrogens (primary N) is 2. The molecular weight excluding hydrogens is 238 g/mol. The van der Waals surface area contributed by atoms with Crippen LogP contribution in [0.3, 0.4) is 0 Å². The number of carbonyl (C=O) groups is 3. The predicted octanol–water partition coefficient (Wildman–Crippen LogP) is -1.41. The van der Waals surface area contributed by atoms with Crippen LogP contribution in [0.2, 0.25) is 1.41 Å². The van der Waals surface area contributed by atoms with Crippen molar-refractivity contribution in [2.75, 3.05) is 0 Å². The van der Waals surface area contributed by atoms with E-state index in [1.807, 2.05) is 5.73 Å². The lowest BCUT2D eigenvalue weighted by Gasteiger charge is -2.15. The Labute approximate surface area is 100 Å². The number of carboxylic acids is 1. The summed E-state index contributed by atoms with van der Waals surface area (Å²) < 4.78 is 6.74. The van der Waals surface area contributed by atoms with Crippen LogP contribution >= 0.6 is 12.4 Å². The second-order valence-corrected chi connectivity index (χ2v) is 3.12. The van der Waals surface area contributed by atoms with Gasteiger partial charge in [-0.1, -0.05) is 0 Å². The Morgan fingerprint density at radius 1 is 1.50 bits per heavy atom. The minimum Gasteiger partial charge on any atom is -0.481 e. The summed E-state index contributed by atoms with van der Waals surface area (Å²) in [5, 5.41) is 10.7. The quantitative estimate of drug-likeness (QED) is 0.443. The molecule has 0 aromatic carbocycles. The van der Waals surface area contributed by atoms with Gasteiger partial charge in [-0.3, -0.25) is 14.4 Å². The van der Waals surface area contributed by atoms with Gasteiger partial charge in [-0.2, -0.15) is 0 Å². The van der Waals surface area contributed by atoms with Gasteiger partial charge in [0.05, 0.1) is 6.04 Å². The summed E-state index contributed by atoms with van der Waals surface area (Å²) in [5.74, 6) is -2.46. The number of halogens is 1. The summed E-state index contributed by atoms with van der Waals surface area (Å²) in [6.07, 6.45) is -0.336. The van der Waals surface area contributed by atoms with Gasteiger partial charge in [0, 0.05) is 6.42 Å². The van der Waals surface area contributed by atoms with Crippen molar-refractivity contribution in [2.45, 2.75) is 31.8 Å². The molecule has 0 fully saturated rings. The van der Waals surface area contributed by atoms with E-state index in [9.17, 15) is 14.4 Å². The summed E-state index contributed by atoms with van der Waals surface area (Å²) >= 11 is 0. The van der Waals surface area contributed by atoms with E-state index in [1.54, 1.807) is 0 Å². The Morgan fingerprint density at radius 2 is 2.06 bits per heavy atom. The average Bonchev–Trinajstić information content (AvgIpc) is 2.21. The lowest BCUT2D eigenvalue weighted by atomic mass is 10.1. The number of amides is 2. The van der Waals surface area contributed by atoms with Crippen LogP contribution in [-0.2, 0) is 14.4 Å². The molecule has 0 aromatic heterocycles. The van der Waals surface area contributed by atoms with E-state index < -0.39 is 29.9 Å². The van der Waals surface area contributed by atoms with Gasteiger partial charge < -0.3 is 21.9 Å². The molecule has 6 N–H and O–H groups in total. The number of hydrogen-bond donors (Lipinski definition) is 4. The summed E-state index contributed by atoms with van der Waals surface area (Å²) in [6, 6.07) is -1.83. The van der Waals surface area contributed by atoms with E-state index >= 15 is 0 Å². The molecule has 94 valence electrons. The first-order valence-corrected chi connectivity index (χ1v) is 4.37. The molecule has 0 saturated carbocycles. The molecule has 8 heteroatoms. The van der Waals surface area contributed by atoms with Crippen LogP contribution in [0.4, 0.5) is 0 Å². The molecule has 2 atom stereocenters. The lowest BCUT2D eigenvalue weighted by Crippen LogP contribution is -2.49. The van der Waals surface area contributed by atoms with Crippen LogP contribution in [0, 0.1) is 0 Å². The molecule has 2 amide bonds. The van der Waals surface area contributed by atoms with Gasteiger partial charge in [0.15, 0.2) is 0 Å². The van der Waals surface area contributed by atoms with Gasteiger partial charge in [-0.25, -0.2) is 0 Å². The normalized spacial score (nSPS) is 13.9. The summed E-state index contributed by atoms with van der Waals surface area (Å²) in [5.41, 5.74) is 6.94. The number of aliphatic carboxylic acids is 1. The van der Waals surface area contributed by atoms with Gasteiger partial charge in [-0.05, 0) is 13.3 Å². The van der Waals surface area contributed by atoms with Crippen LogP contribution in [0.25, 0.3) is 0 Å². The minimum absolute atomic E-state index is 0. The van der Waals surface area contributed by atoms with E-state index in [2.05, 4.69) is 5.32 Å². The number of hydrogen-bond acceptors (Lipinski definition) is 4. The molecule has 16 heavy (non-hydrogen) atoms. The Morgan fingerprint density at radius 3 is 2.44 bits per heavy atom. The third-order valence-corrected chi connectivity index (χ3v) is 1.70. The van der Waals surface area contributed by atoms with Crippen molar-refractivity contribution >= 4 is 30.2 Å². The maximum absolute atomic E-state index is 11.3. The molecule has 0 aliphatic rings. The van der Waals surface area contributed by atoms with Crippen molar-refractivity contribution < 1.29 is 20.9 Å². The third kappa shape index (κ3) is 7.02. The molecule has 0 saturated heterocycles. The maximum atomic E-state index is 11.3. The number of nitrogens with one attached hydrogen (secondary N) is 1. The number of carboxylic acid groups (broad SMARTS) is 1. The third-order valence-electron chi connectivity index (χ3n) is 1.70. The molecule has 0 heterocycles. The second kappa shape index (κ2) is 7.89. The van der Waals surface area contributed by atoms with Crippen molar-refractivity contribution in [3.05, 3.63) is 0 Å². The van der Waals surface area contributed by atoms with Crippen LogP contribution in [-0.4, -0.2) is 35.0 Å². The topological polar surface area (TPSA) is 136 Å². The Bertz CT molecular complexity index is 290. The van der Waals surface area contributed by atoms with Crippen molar-refractivity contribution in [1.29, 1.82) is 0 Å². The predicted molar refractivity (Wildman–Crippen MR) is 58.9 cm³/mol. The fraction of sp³-hybridized carbons (Fsp3) is 0.625. The van der Waals surface area contributed by atoms with E-state index in [1.165, 1.54) is 6.92 Å². The molecule has 0 aromatic rings. The van der Waals surface area contributed by atoms with Gasteiger partial charge in [0.25, 0.3) is 0 Å². The smallest absolute Gasteiger partial charge is 0.303 e. The fourth-order valence-electron chi connectivity index (χ4n) is 0.850. The number of primary amides is 1. The standard InChI is InChI=1S/C8H15N3O4.ClH/c1-4(9)8(15)11-5(7(10)14)2-3-6(12)13;/h4-5H,2-3,9H2,1H3,(H2,10,14)(H,11,15)(H,12,13);1H/t4-,5-;/m0./s1/i/hD. The Kier molecular flexibility index (Phi) is 7.23. The van der Waals surface area contributed by atoms with Crippen molar-refractivity contribution in [2.24, 2.45) is 11.5 Å². The van der Waals surface area contributed by atoms with Crippen molar-refractivity contribution in [3.63, 3.8) is 0 Å². The molecule has 0 bridgehead atoms. The molecular formula is C8H16ClN3O4. The first-order valence-electron chi connectivity index (χ1n) is 4.87. The van der Waals surface area contributed by atoms with E-state index in [4.69, 9.17) is 12.3 Å². The van der Waals surface area contributed by atoms with Crippen molar-refractivity contribution in [3.8, 4) is 0 Å². The van der Waals surface area contributed by atoms with Crippen LogP contribution < -0.4 is 16.8 Å². The van der Waals surface area contributed by atoms with Crippen LogP contribution in [0.1, 0.15) is 19.8 Å². The zero-order valence-corrected chi connectivity index (χ0v) is 9.54. The lowest BCUT2D eigenvalue weighted by molar-refractivity contribution is -0.137. The molecule has 0 rings (SSSR count). The van der Waals surface area contributed by atoms with E-state index in [0.29, 0.717) is 0 Å². The highest BCUT2D eigenvalue weighted by Crippen LogP contribution is 1.97. The zero-order chi connectivity index (χ0) is 12.7. The van der Waals surface area contributed by atoms with Gasteiger partial charge in [0.2, 0.25) is 11.8 Å². The highest BCUT2D eigenvalue weighted by atomic mass is 35.5. The summed E-state index contributed by atoms with van der Waals surface area (Å²) in [6.45, 7) is 1.43. The summed E-state index contributed by atoms with van der Waals surface area (Å²) in [7, 11) is 0. The maximum Gasteiger partial charge on any atom is 0.303 e. The zero-order valence-electron chi connectivity index (χ0n) is 9.73. The SMILES string of the molecule is Cl.[2H]N[C@@H](C)C(=O)N[C@@H](CCC(=O)O)C(N)=O. The highest BCUT2D eigenvalue weighted by Gasteiger charge is 2.20. The summed E-state index contributed by atoms with van der Waals surface area (Å²) in [4.78, 5) is 32.5. The van der Waals surface area contributed by atoms with Crippen LogP contribution in [0.5, 0.6) is 0 Å². The fourth-order valence-corrected chi connectivity index (χ4v) is 0.850. The average molecular weight is 255 g/mol. The van der Waals surface area contributed by atoms with Gasteiger partial charge in [-0.15, -0.1) is 12.4 Å². The highest BCUT2D eigenvalue weighted by molar-refractivity contribution is 5.88. The molecule has 0 aliphatic carbocycles. The van der Waals surface area contributed by atoms with Gasteiger partial charge >= 0.3 is 5.97 Å². The van der Waals surface area contributed by atoms with Crippen LogP contribution in [0.15, 0.2) is 0 Å². The van der Waals surface area contributed by atoms with E-state index in [0.717, 1.165) is 0 Å². The van der Waals surface area contributed by atoms with Crippen molar-refractivity contribution in [1.82, 2.24) is 5.32 Å². The number of carbonyl (C=O) groups excluding carboxylic acids is 2. The molecule has 0 unspecified atom stereocenters. The monoisotopic (exact) mass is 254 g/mol. The molecule has 0 radical (unpaired) electrons. The first-order chi connectivity index (χ1) is 7.38. The molecule has 7 nitrogen and oxygen atoms in total. The molecule has 0 spiro atoms. The minimum atomic E-state index is -1.08. The Balaban J connectivity index is 0.